The van der Waals surface area contributed by atoms with Crippen molar-refractivity contribution in [1.29, 1.82) is 5.26 Å². The van der Waals surface area contributed by atoms with Crippen LogP contribution in [0.1, 0.15) is 82.7 Å². The zero-order valence-electron chi connectivity index (χ0n) is 28.0. The number of carbonyl (C=O) groups excluding carboxylic acids is 1. The lowest BCUT2D eigenvalue weighted by molar-refractivity contribution is -0.0857. The number of halogens is 2. The highest BCUT2D eigenvalue weighted by Gasteiger charge is 2.50. The van der Waals surface area contributed by atoms with Crippen molar-refractivity contribution in [2.45, 2.75) is 88.4 Å². The summed E-state index contributed by atoms with van der Waals surface area (Å²) in [5, 5.41) is 15.1. The Balaban J connectivity index is 1.19. The third-order valence-corrected chi connectivity index (χ3v) is 11.6. The molecule has 3 atom stereocenters. The van der Waals surface area contributed by atoms with Crippen LogP contribution in [0.2, 0.25) is 5.02 Å². The van der Waals surface area contributed by atoms with E-state index in [4.69, 9.17) is 36.8 Å². The number of nitrogens with two attached hydrogens (primary N) is 1. The Labute approximate surface area is 289 Å². The molecule has 5 aliphatic rings. The summed E-state index contributed by atoms with van der Waals surface area (Å²) in [7, 11) is 3.36. The number of hydrogen-bond donors (Lipinski definition) is 1. The molecular weight excluding hydrogens is 649 g/mol. The molecule has 12 nitrogen and oxygen atoms in total. The smallest absolute Gasteiger partial charge is 0.318 e. The molecule has 1 aromatic carbocycles. The Morgan fingerprint density at radius 1 is 1.22 bits per heavy atom. The number of nitriles is 1. The van der Waals surface area contributed by atoms with Crippen LogP contribution >= 0.6 is 11.6 Å². The predicted molar refractivity (Wildman–Crippen MR) is 180 cm³/mol. The number of ether oxygens (including phenoxy) is 2. The number of hydrogen-bond acceptors (Lipinski definition) is 10. The fourth-order valence-electron chi connectivity index (χ4n) is 8.83. The Kier molecular flexibility index (Phi) is 7.96. The van der Waals surface area contributed by atoms with Gasteiger partial charge in [0.05, 0.1) is 40.7 Å². The number of benzene rings is 1. The molecule has 1 unspecified atom stereocenters. The van der Waals surface area contributed by atoms with Crippen LogP contribution in [0, 0.1) is 11.3 Å². The van der Waals surface area contributed by atoms with Crippen molar-refractivity contribution in [3.05, 3.63) is 56.5 Å². The second-order valence-corrected chi connectivity index (χ2v) is 14.8. The van der Waals surface area contributed by atoms with E-state index in [9.17, 15) is 14.4 Å². The van der Waals surface area contributed by atoms with E-state index in [2.05, 4.69) is 21.0 Å². The lowest BCUT2D eigenvalue weighted by Gasteiger charge is -2.43. The molecule has 2 fully saturated rings. The van der Waals surface area contributed by atoms with Gasteiger partial charge in [-0.2, -0.15) is 20.3 Å². The molecule has 1 spiro atoms. The van der Waals surface area contributed by atoms with Crippen LogP contribution in [0.5, 0.6) is 6.01 Å². The van der Waals surface area contributed by atoms with Crippen LogP contribution in [-0.2, 0) is 42.9 Å². The van der Waals surface area contributed by atoms with Crippen molar-refractivity contribution >= 4 is 29.0 Å². The first-order valence-corrected chi connectivity index (χ1v) is 17.6. The van der Waals surface area contributed by atoms with Crippen LogP contribution in [0.15, 0.2) is 12.1 Å². The molecule has 8 rings (SSSR count). The number of carbonyl (C=O) groups is 1. The number of anilines is 2. The van der Waals surface area contributed by atoms with Gasteiger partial charge in [0.25, 0.3) is 5.91 Å². The van der Waals surface area contributed by atoms with E-state index in [-0.39, 0.29) is 29.8 Å². The Hall–Kier alpha value is -3.99. The van der Waals surface area contributed by atoms with E-state index < -0.39 is 11.8 Å². The fourth-order valence-corrected chi connectivity index (χ4v) is 9.10. The third kappa shape index (κ3) is 5.30. The van der Waals surface area contributed by atoms with Gasteiger partial charge in [0.1, 0.15) is 30.3 Å². The molecule has 258 valence electrons. The number of aryl methyl sites for hydroxylation is 2. The van der Waals surface area contributed by atoms with Crippen molar-refractivity contribution in [3.8, 4) is 12.1 Å². The number of rotatable bonds is 5. The number of amides is 1. The Morgan fingerprint density at radius 2 is 2.08 bits per heavy atom. The minimum atomic E-state index is -0.870. The molecule has 2 saturated heterocycles. The van der Waals surface area contributed by atoms with Gasteiger partial charge in [-0.05, 0) is 56.7 Å². The van der Waals surface area contributed by atoms with Gasteiger partial charge in [0, 0.05) is 63.4 Å². The molecule has 2 aromatic heterocycles. The minimum Gasteiger partial charge on any atom is -0.461 e. The summed E-state index contributed by atoms with van der Waals surface area (Å²) in [5.41, 5.74) is 10.7. The standard InChI is InChI=1S/C35H41ClFN9O3/c1-43(2)32(47)30-29(36)27-18-44(11-5-13-46(27)42-30)31-24-19-49-35(10-3-6-21-7-8-25(39)23(16-38)28(21)35)15-26(24)40-33(41-31)48-20-34-9-4-12-45(34)17-22(37)14-34/h7-8,22H,3-6,9-15,17-20,39H2,1-2H3/t22-,34+,35?/m1/s1. The van der Waals surface area contributed by atoms with Crippen molar-refractivity contribution in [2.24, 2.45) is 0 Å². The summed E-state index contributed by atoms with van der Waals surface area (Å²) in [6.45, 7) is 3.47. The van der Waals surface area contributed by atoms with Crippen LogP contribution in [0.4, 0.5) is 15.9 Å². The monoisotopic (exact) mass is 689 g/mol. The van der Waals surface area contributed by atoms with E-state index in [0.29, 0.717) is 67.7 Å². The molecule has 0 saturated carbocycles. The molecule has 1 aliphatic carbocycles. The van der Waals surface area contributed by atoms with Crippen molar-refractivity contribution < 1.29 is 18.7 Å². The van der Waals surface area contributed by atoms with Gasteiger partial charge in [-0.3, -0.25) is 14.4 Å². The maximum absolute atomic E-state index is 14.6. The van der Waals surface area contributed by atoms with E-state index in [1.165, 1.54) is 4.90 Å². The molecule has 14 heteroatoms. The summed E-state index contributed by atoms with van der Waals surface area (Å²) in [6.07, 6.45) is 5.11. The van der Waals surface area contributed by atoms with E-state index >= 15 is 0 Å². The minimum absolute atomic E-state index is 0.231. The summed E-state index contributed by atoms with van der Waals surface area (Å²) in [4.78, 5) is 28.8. The highest BCUT2D eigenvalue weighted by atomic mass is 35.5. The molecular formula is C35H41ClFN9O3. The molecule has 3 aromatic rings. The maximum atomic E-state index is 14.6. The first kappa shape index (κ1) is 32.2. The molecule has 0 radical (unpaired) electrons. The summed E-state index contributed by atoms with van der Waals surface area (Å²) >= 11 is 6.84. The lowest BCUT2D eigenvalue weighted by Crippen LogP contribution is -2.44. The zero-order chi connectivity index (χ0) is 34.1. The van der Waals surface area contributed by atoms with E-state index in [0.717, 1.165) is 73.1 Å². The predicted octanol–water partition coefficient (Wildman–Crippen LogP) is 4.15. The first-order chi connectivity index (χ1) is 23.6. The number of alkyl halides is 1. The quantitative estimate of drug-likeness (QED) is 0.389. The van der Waals surface area contributed by atoms with Crippen LogP contribution in [0.25, 0.3) is 0 Å². The Morgan fingerprint density at radius 3 is 2.90 bits per heavy atom. The van der Waals surface area contributed by atoms with Gasteiger partial charge in [-0.15, -0.1) is 0 Å². The largest absolute Gasteiger partial charge is 0.461 e. The highest BCUT2D eigenvalue weighted by Crippen LogP contribution is 2.48. The van der Waals surface area contributed by atoms with Gasteiger partial charge in [0.15, 0.2) is 5.69 Å². The van der Waals surface area contributed by atoms with Crippen LogP contribution in [-0.4, -0.2) is 87.5 Å². The van der Waals surface area contributed by atoms with Gasteiger partial charge in [0.2, 0.25) is 0 Å². The topological polar surface area (TPSA) is 139 Å². The second kappa shape index (κ2) is 12.1. The van der Waals surface area contributed by atoms with Gasteiger partial charge in [-0.25, -0.2) is 4.39 Å². The molecule has 6 heterocycles. The number of fused-ring (bicyclic) bond motifs is 5. The number of nitrogens with zero attached hydrogens (tertiary/aromatic N) is 8. The Bertz CT molecular complexity index is 1880. The van der Waals surface area contributed by atoms with Gasteiger partial charge in [-0.1, -0.05) is 17.7 Å². The molecule has 4 aliphatic heterocycles. The molecule has 1 amide bonds. The van der Waals surface area contributed by atoms with Crippen LogP contribution in [0.3, 0.4) is 0 Å². The second-order valence-electron chi connectivity index (χ2n) is 14.4. The normalized spacial score (nSPS) is 26.0. The summed E-state index contributed by atoms with van der Waals surface area (Å²) < 4.78 is 29.7. The van der Waals surface area contributed by atoms with Gasteiger partial charge >= 0.3 is 6.01 Å². The number of nitrogen functional groups attached to an aromatic ring is 1. The first-order valence-electron chi connectivity index (χ1n) is 17.2. The highest BCUT2D eigenvalue weighted by molar-refractivity contribution is 6.34. The summed E-state index contributed by atoms with van der Waals surface area (Å²) in [6, 6.07) is 6.41. The number of aromatic nitrogens is 4. The SMILES string of the molecule is CN(C)C(=O)c1nn2c(c1Cl)CN(c1nc(OC[C@@]34CCCN3C[C@H](F)C4)nc3c1COC1(CCCc4ccc(N)c(C#N)c41)C3)CCC2. The van der Waals surface area contributed by atoms with E-state index in [1.807, 2.05) is 16.8 Å². The van der Waals surface area contributed by atoms with Gasteiger partial charge < -0.3 is 25.0 Å². The summed E-state index contributed by atoms with van der Waals surface area (Å²) in [5.74, 6) is 0.430. The van der Waals surface area contributed by atoms with Crippen molar-refractivity contribution in [3.63, 3.8) is 0 Å². The molecule has 2 N–H and O–H groups in total. The van der Waals surface area contributed by atoms with Crippen LogP contribution < -0.4 is 15.4 Å². The van der Waals surface area contributed by atoms with E-state index in [1.54, 1.807) is 14.1 Å². The average molecular weight is 690 g/mol. The maximum Gasteiger partial charge on any atom is 0.318 e. The van der Waals surface area contributed by atoms with Crippen molar-refractivity contribution in [2.75, 3.05) is 51.0 Å². The fraction of sp³-hybridized carbons (Fsp3) is 0.571. The third-order valence-electron chi connectivity index (χ3n) is 11.2. The lowest BCUT2D eigenvalue weighted by atomic mass is 9.72. The molecule has 49 heavy (non-hydrogen) atoms. The average Bonchev–Trinajstić information content (AvgIpc) is 3.65. The zero-order valence-corrected chi connectivity index (χ0v) is 28.7. The van der Waals surface area contributed by atoms with Crippen molar-refractivity contribution in [1.82, 2.24) is 29.5 Å². The molecule has 0 bridgehead atoms.